The molecule has 2 amide bonds. The van der Waals surface area contributed by atoms with E-state index in [9.17, 15) is 18.4 Å². The second-order valence-electron chi connectivity index (χ2n) is 5.70. The van der Waals surface area contributed by atoms with E-state index >= 15 is 0 Å². The summed E-state index contributed by atoms with van der Waals surface area (Å²) in [5, 5.41) is 2.68. The van der Waals surface area contributed by atoms with Gasteiger partial charge in [-0.05, 0) is 35.9 Å². The molecular formula is C18H16F2N2O3. The summed E-state index contributed by atoms with van der Waals surface area (Å²) in [6.45, 7) is 0.372. The molecule has 5 nitrogen and oxygen atoms in total. The molecule has 1 unspecified atom stereocenters. The van der Waals surface area contributed by atoms with Gasteiger partial charge in [-0.3, -0.25) is 9.69 Å². The highest BCUT2D eigenvalue weighted by atomic mass is 19.1. The number of anilines is 1. The van der Waals surface area contributed by atoms with E-state index in [4.69, 9.17) is 4.74 Å². The van der Waals surface area contributed by atoms with Crippen LogP contribution in [0.15, 0.2) is 48.5 Å². The summed E-state index contributed by atoms with van der Waals surface area (Å²) in [5.41, 5.74) is 1.09. The molecule has 0 aliphatic carbocycles. The van der Waals surface area contributed by atoms with Crippen molar-refractivity contribution >= 4 is 17.7 Å². The first-order valence-electron chi connectivity index (χ1n) is 7.76. The maximum absolute atomic E-state index is 13.3. The van der Waals surface area contributed by atoms with Gasteiger partial charge in [0.2, 0.25) is 5.91 Å². The van der Waals surface area contributed by atoms with Gasteiger partial charge in [-0.25, -0.2) is 13.6 Å². The summed E-state index contributed by atoms with van der Waals surface area (Å²) < 4.78 is 31.3. The van der Waals surface area contributed by atoms with Crippen molar-refractivity contribution in [1.29, 1.82) is 0 Å². The van der Waals surface area contributed by atoms with Crippen LogP contribution < -0.4 is 10.2 Å². The van der Waals surface area contributed by atoms with Gasteiger partial charge in [0.15, 0.2) is 0 Å². The molecule has 0 saturated carbocycles. The van der Waals surface area contributed by atoms with Gasteiger partial charge >= 0.3 is 6.09 Å². The van der Waals surface area contributed by atoms with Gasteiger partial charge in [0, 0.05) is 0 Å². The molecule has 7 heteroatoms. The summed E-state index contributed by atoms with van der Waals surface area (Å²) in [4.78, 5) is 25.1. The van der Waals surface area contributed by atoms with E-state index in [1.807, 2.05) is 0 Å². The van der Waals surface area contributed by atoms with E-state index in [0.717, 1.165) is 0 Å². The Morgan fingerprint density at radius 3 is 2.64 bits per heavy atom. The minimum atomic E-state index is -0.580. The molecular weight excluding hydrogens is 330 g/mol. The third-order valence-corrected chi connectivity index (χ3v) is 3.80. The van der Waals surface area contributed by atoms with Crippen molar-refractivity contribution in [2.24, 2.45) is 0 Å². The van der Waals surface area contributed by atoms with Crippen LogP contribution in [-0.4, -0.2) is 31.2 Å². The highest BCUT2D eigenvalue weighted by Crippen LogP contribution is 2.22. The average molecular weight is 346 g/mol. The molecule has 1 N–H and O–H groups in total. The van der Waals surface area contributed by atoms with Crippen molar-refractivity contribution in [3.63, 3.8) is 0 Å². The maximum atomic E-state index is 13.3. The summed E-state index contributed by atoms with van der Waals surface area (Å²) in [7, 11) is 0. The molecule has 1 heterocycles. The van der Waals surface area contributed by atoms with E-state index in [0.29, 0.717) is 11.3 Å². The maximum Gasteiger partial charge on any atom is 0.414 e. The lowest BCUT2D eigenvalue weighted by Crippen LogP contribution is -2.35. The van der Waals surface area contributed by atoms with E-state index in [-0.39, 0.29) is 31.2 Å². The molecule has 0 spiro atoms. The molecule has 3 rings (SSSR count). The Morgan fingerprint density at radius 2 is 1.92 bits per heavy atom. The topological polar surface area (TPSA) is 58.6 Å². The number of carbonyl (C=O) groups excluding carboxylic acids is 2. The number of hydrogen-bond donors (Lipinski definition) is 1. The van der Waals surface area contributed by atoms with Gasteiger partial charge in [0.05, 0.1) is 25.2 Å². The number of ether oxygens (including phenoxy) is 1. The fourth-order valence-electron chi connectivity index (χ4n) is 2.56. The molecule has 1 fully saturated rings. The normalized spacial score (nSPS) is 16.6. The first-order chi connectivity index (χ1) is 12.0. The zero-order valence-corrected chi connectivity index (χ0v) is 13.2. The number of carbonyl (C=O) groups is 2. The Morgan fingerprint density at radius 1 is 1.16 bits per heavy atom. The van der Waals surface area contributed by atoms with Crippen LogP contribution >= 0.6 is 0 Å². The van der Waals surface area contributed by atoms with E-state index in [1.165, 1.54) is 47.4 Å². The van der Waals surface area contributed by atoms with Crippen molar-refractivity contribution in [2.45, 2.75) is 12.5 Å². The first kappa shape index (κ1) is 16.9. The Hall–Kier alpha value is -2.96. The SMILES string of the molecule is O=C(Cc1ccc(F)cc1)NCC1CN(c2cccc(F)c2)C(=O)O1. The van der Waals surface area contributed by atoms with Crippen molar-refractivity contribution in [1.82, 2.24) is 5.32 Å². The monoisotopic (exact) mass is 346 g/mol. The van der Waals surface area contributed by atoms with Crippen LogP contribution in [0.2, 0.25) is 0 Å². The Kier molecular flexibility index (Phi) is 4.92. The largest absolute Gasteiger partial charge is 0.442 e. The Labute approximate surface area is 143 Å². The average Bonchev–Trinajstić information content (AvgIpc) is 2.96. The number of nitrogens with one attached hydrogen (secondary N) is 1. The highest BCUT2D eigenvalue weighted by molar-refractivity contribution is 5.89. The van der Waals surface area contributed by atoms with Crippen molar-refractivity contribution < 1.29 is 23.1 Å². The van der Waals surface area contributed by atoms with Gasteiger partial charge < -0.3 is 10.1 Å². The number of halogens is 2. The predicted octanol–water partition coefficient (Wildman–Crippen LogP) is 2.65. The lowest BCUT2D eigenvalue weighted by Gasteiger charge is -2.13. The summed E-state index contributed by atoms with van der Waals surface area (Å²) in [5.74, 6) is -1.06. The standard InChI is InChI=1S/C18H16F2N2O3/c19-13-6-4-12(5-7-13)8-17(23)21-10-16-11-22(18(24)25-16)15-3-1-2-14(20)9-15/h1-7,9,16H,8,10-11H2,(H,21,23). The van der Waals surface area contributed by atoms with Gasteiger partial charge in [0.1, 0.15) is 17.7 Å². The van der Waals surface area contributed by atoms with Crippen LogP contribution in [0.5, 0.6) is 0 Å². The Balaban J connectivity index is 1.51. The molecule has 2 aromatic carbocycles. The minimum absolute atomic E-state index is 0.106. The van der Waals surface area contributed by atoms with Crippen LogP contribution in [0, 0.1) is 11.6 Å². The molecule has 0 aromatic heterocycles. The van der Waals surface area contributed by atoms with Crippen LogP contribution in [0.3, 0.4) is 0 Å². The van der Waals surface area contributed by atoms with Crippen LogP contribution in [-0.2, 0) is 16.0 Å². The molecule has 25 heavy (non-hydrogen) atoms. The fraction of sp³-hybridized carbons (Fsp3) is 0.222. The second-order valence-corrected chi connectivity index (χ2v) is 5.70. The number of nitrogens with zero attached hydrogens (tertiary/aromatic N) is 1. The smallest absolute Gasteiger partial charge is 0.414 e. The predicted molar refractivity (Wildman–Crippen MR) is 87.1 cm³/mol. The molecule has 130 valence electrons. The fourth-order valence-corrected chi connectivity index (χ4v) is 2.56. The van der Waals surface area contributed by atoms with Crippen molar-refractivity contribution in [2.75, 3.05) is 18.0 Å². The van der Waals surface area contributed by atoms with Gasteiger partial charge in [-0.2, -0.15) is 0 Å². The minimum Gasteiger partial charge on any atom is -0.442 e. The number of hydrogen-bond acceptors (Lipinski definition) is 3. The highest BCUT2D eigenvalue weighted by Gasteiger charge is 2.32. The van der Waals surface area contributed by atoms with E-state index in [1.54, 1.807) is 6.07 Å². The lowest BCUT2D eigenvalue weighted by atomic mass is 10.1. The molecule has 1 saturated heterocycles. The van der Waals surface area contributed by atoms with Crippen molar-refractivity contribution in [3.8, 4) is 0 Å². The zero-order valence-electron chi connectivity index (χ0n) is 13.2. The number of benzene rings is 2. The van der Waals surface area contributed by atoms with E-state index in [2.05, 4.69) is 5.32 Å². The molecule has 0 radical (unpaired) electrons. The second kappa shape index (κ2) is 7.29. The van der Waals surface area contributed by atoms with Gasteiger partial charge in [-0.1, -0.05) is 18.2 Å². The van der Waals surface area contributed by atoms with Crippen LogP contribution in [0.4, 0.5) is 19.3 Å². The van der Waals surface area contributed by atoms with Crippen molar-refractivity contribution in [3.05, 3.63) is 65.7 Å². The van der Waals surface area contributed by atoms with Gasteiger partial charge in [-0.15, -0.1) is 0 Å². The molecule has 1 atom stereocenters. The third-order valence-electron chi connectivity index (χ3n) is 3.80. The van der Waals surface area contributed by atoms with E-state index < -0.39 is 18.0 Å². The zero-order chi connectivity index (χ0) is 17.8. The number of rotatable bonds is 5. The quantitative estimate of drug-likeness (QED) is 0.905. The van der Waals surface area contributed by atoms with Crippen LogP contribution in [0.1, 0.15) is 5.56 Å². The molecule has 2 aromatic rings. The van der Waals surface area contributed by atoms with Gasteiger partial charge in [0.25, 0.3) is 0 Å². The lowest BCUT2D eigenvalue weighted by molar-refractivity contribution is -0.120. The summed E-state index contributed by atoms with van der Waals surface area (Å²) >= 11 is 0. The third kappa shape index (κ3) is 4.32. The Bertz CT molecular complexity index is 780. The molecule has 1 aliphatic heterocycles. The van der Waals surface area contributed by atoms with Crippen LogP contribution in [0.25, 0.3) is 0 Å². The number of cyclic esters (lactones) is 1. The molecule has 1 aliphatic rings. The summed E-state index contributed by atoms with van der Waals surface area (Å²) in [6, 6.07) is 11.3. The first-order valence-corrected chi connectivity index (χ1v) is 7.76. The molecule has 0 bridgehead atoms. The number of amides is 2. The summed E-state index contributed by atoms with van der Waals surface area (Å²) in [6.07, 6.45) is -0.995.